The third-order valence-corrected chi connectivity index (χ3v) is 6.11. The molecular weight excluding hydrogens is 414 g/mol. The Bertz CT molecular complexity index is 915. The van der Waals surface area contributed by atoms with Gasteiger partial charge in [-0.3, -0.25) is 14.5 Å². The van der Waals surface area contributed by atoms with Crippen LogP contribution in [0.1, 0.15) is 25.5 Å². The molecule has 0 unspecified atom stereocenters. The number of amides is 3. The van der Waals surface area contributed by atoms with Gasteiger partial charge < -0.3 is 25.6 Å². The van der Waals surface area contributed by atoms with Crippen molar-refractivity contribution in [3.05, 3.63) is 41.1 Å². The number of fused-ring (bicyclic) bond motifs is 1. The number of rotatable bonds is 6. The van der Waals surface area contributed by atoms with Crippen molar-refractivity contribution >= 4 is 35.6 Å². The first-order valence-electron chi connectivity index (χ1n) is 9.15. The molecule has 2 heterocycles. The molecule has 30 heavy (non-hydrogen) atoms. The Kier molecular flexibility index (Phi) is 6.20. The summed E-state index contributed by atoms with van der Waals surface area (Å²) in [6.07, 6.45) is -0.814. The Morgan fingerprint density at radius 2 is 1.97 bits per heavy atom. The van der Waals surface area contributed by atoms with E-state index in [1.807, 2.05) is 0 Å². The SMILES string of the molecule is CCOC(=O)N[C@@H](C(=O)N[C@@H]1C(=O)N2C(C(=O)O)=C(C)CS[C@H]12)c1ccc(O)cc1. The van der Waals surface area contributed by atoms with Gasteiger partial charge in [0.05, 0.1) is 6.61 Å². The second-order valence-electron chi connectivity index (χ2n) is 6.72. The predicted octanol–water partition coefficient (Wildman–Crippen LogP) is 0.938. The number of alkyl carbamates (subject to hydrolysis) is 1. The van der Waals surface area contributed by atoms with Gasteiger partial charge in [-0.15, -0.1) is 11.8 Å². The van der Waals surface area contributed by atoms with Gasteiger partial charge in [0.2, 0.25) is 5.91 Å². The van der Waals surface area contributed by atoms with E-state index in [9.17, 15) is 29.4 Å². The maximum Gasteiger partial charge on any atom is 0.408 e. The van der Waals surface area contributed by atoms with Crippen molar-refractivity contribution in [3.8, 4) is 5.75 Å². The van der Waals surface area contributed by atoms with Gasteiger partial charge in [-0.25, -0.2) is 9.59 Å². The molecule has 1 aromatic rings. The number of carbonyl (C=O) groups excluding carboxylic acids is 3. The zero-order valence-corrected chi connectivity index (χ0v) is 17.1. The number of carboxylic acids is 1. The summed E-state index contributed by atoms with van der Waals surface area (Å²) in [5, 5.41) is 23.4. The summed E-state index contributed by atoms with van der Waals surface area (Å²) in [7, 11) is 0. The number of thioether (sulfide) groups is 1. The number of carbonyl (C=O) groups is 4. The molecule has 0 aromatic heterocycles. The third kappa shape index (κ3) is 4.06. The lowest BCUT2D eigenvalue weighted by atomic mass is 10.0. The number of hydrogen-bond acceptors (Lipinski definition) is 7. The number of aromatic hydroxyl groups is 1. The number of hydrogen-bond donors (Lipinski definition) is 4. The molecule has 1 saturated heterocycles. The Labute approximate surface area is 176 Å². The first-order valence-corrected chi connectivity index (χ1v) is 10.2. The summed E-state index contributed by atoms with van der Waals surface area (Å²) in [6, 6.07) is 3.56. The molecule has 3 amide bonds. The number of ether oxygens (including phenoxy) is 1. The van der Waals surface area contributed by atoms with Crippen molar-refractivity contribution in [2.75, 3.05) is 12.4 Å². The predicted molar refractivity (Wildman–Crippen MR) is 106 cm³/mol. The topological polar surface area (TPSA) is 145 Å². The highest BCUT2D eigenvalue weighted by molar-refractivity contribution is 8.00. The van der Waals surface area contributed by atoms with Crippen LogP contribution in [0.25, 0.3) is 0 Å². The fourth-order valence-corrected chi connectivity index (χ4v) is 4.56. The van der Waals surface area contributed by atoms with Crippen LogP contribution in [0.15, 0.2) is 35.5 Å². The largest absolute Gasteiger partial charge is 0.508 e. The first kappa shape index (κ1) is 21.5. The highest BCUT2D eigenvalue weighted by Gasteiger charge is 2.54. The minimum atomic E-state index is -1.19. The van der Waals surface area contributed by atoms with Crippen molar-refractivity contribution < 1.29 is 34.1 Å². The normalized spacial score (nSPS) is 21.3. The molecule has 10 nitrogen and oxygen atoms in total. The molecule has 0 spiro atoms. The van der Waals surface area contributed by atoms with E-state index < -0.39 is 41.3 Å². The van der Waals surface area contributed by atoms with Crippen molar-refractivity contribution in [1.82, 2.24) is 15.5 Å². The van der Waals surface area contributed by atoms with E-state index in [1.54, 1.807) is 13.8 Å². The lowest BCUT2D eigenvalue weighted by molar-refractivity contribution is -0.151. The van der Waals surface area contributed by atoms with Crippen molar-refractivity contribution in [2.45, 2.75) is 31.3 Å². The number of β-lactam (4-membered cyclic amide) rings is 1. The molecule has 11 heteroatoms. The summed E-state index contributed by atoms with van der Waals surface area (Å²) >= 11 is 1.35. The summed E-state index contributed by atoms with van der Waals surface area (Å²) in [6.45, 7) is 3.37. The molecular formula is C19H21N3O7S. The van der Waals surface area contributed by atoms with E-state index in [2.05, 4.69) is 10.6 Å². The third-order valence-electron chi connectivity index (χ3n) is 4.69. The van der Waals surface area contributed by atoms with Crippen LogP contribution in [0.4, 0.5) is 4.79 Å². The summed E-state index contributed by atoms with van der Waals surface area (Å²) in [5.74, 6) is -1.97. The molecule has 0 saturated carbocycles. The minimum absolute atomic E-state index is 0.0131. The number of aliphatic carboxylic acids is 1. The summed E-state index contributed by atoms with van der Waals surface area (Å²) < 4.78 is 4.84. The average Bonchev–Trinajstić information content (AvgIpc) is 2.70. The fraction of sp³-hybridized carbons (Fsp3) is 0.368. The molecule has 3 atom stereocenters. The van der Waals surface area contributed by atoms with Crippen LogP contribution >= 0.6 is 11.8 Å². The standard InChI is InChI=1S/C19H21N3O7S/c1-3-29-19(28)21-12(10-4-6-11(23)7-5-10)15(24)20-13-16(25)22-14(18(26)27)9(2)8-30-17(13)22/h4-7,12-13,17,23H,3,8H2,1-2H3,(H,20,24)(H,21,28)(H,26,27)/t12-,13-,17-/m1/s1. The van der Waals surface area contributed by atoms with Gasteiger partial charge in [0.25, 0.3) is 5.91 Å². The number of carboxylic acid groups (broad SMARTS) is 1. The maximum atomic E-state index is 12.9. The van der Waals surface area contributed by atoms with Crippen LogP contribution in [0.2, 0.25) is 0 Å². The zero-order valence-electron chi connectivity index (χ0n) is 16.2. The van der Waals surface area contributed by atoms with Crippen LogP contribution in [0.3, 0.4) is 0 Å². The quantitative estimate of drug-likeness (QED) is 0.483. The molecule has 160 valence electrons. The van der Waals surface area contributed by atoms with E-state index >= 15 is 0 Å². The van der Waals surface area contributed by atoms with Crippen LogP contribution in [0.5, 0.6) is 5.75 Å². The van der Waals surface area contributed by atoms with Gasteiger partial charge in [0, 0.05) is 5.75 Å². The molecule has 3 rings (SSSR count). The summed E-state index contributed by atoms with van der Waals surface area (Å²) in [5.41, 5.74) is 0.891. The Balaban J connectivity index is 1.78. The van der Waals surface area contributed by atoms with E-state index in [0.717, 1.165) is 0 Å². The van der Waals surface area contributed by atoms with Crippen molar-refractivity contribution in [3.63, 3.8) is 0 Å². The number of nitrogens with zero attached hydrogens (tertiary/aromatic N) is 1. The number of benzene rings is 1. The number of nitrogens with one attached hydrogen (secondary N) is 2. The Morgan fingerprint density at radius 1 is 1.30 bits per heavy atom. The highest BCUT2D eigenvalue weighted by atomic mass is 32.2. The molecule has 4 N–H and O–H groups in total. The van der Waals surface area contributed by atoms with Crippen molar-refractivity contribution in [2.24, 2.45) is 0 Å². The minimum Gasteiger partial charge on any atom is -0.508 e. The molecule has 0 aliphatic carbocycles. The molecule has 1 fully saturated rings. The Morgan fingerprint density at radius 3 is 2.57 bits per heavy atom. The van der Waals surface area contributed by atoms with Crippen LogP contribution < -0.4 is 10.6 Å². The van der Waals surface area contributed by atoms with E-state index in [1.165, 1.54) is 40.9 Å². The van der Waals surface area contributed by atoms with Crippen LogP contribution in [0, 0.1) is 0 Å². The highest BCUT2D eigenvalue weighted by Crippen LogP contribution is 2.40. The lowest BCUT2D eigenvalue weighted by Gasteiger charge is -2.49. The molecule has 2 aliphatic heterocycles. The van der Waals surface area contributed by atoms with E-state index in [0.29, 0.717) is 16.9 Å². The zero-order chi connectivity index (χ0) is 22.0. The molecule has 0 radical (unpaired) electrons. The van der Waals surface area contributed by atoms with Gasteiger partial charge in [0.1, 0.15) is 28.9 Å². The molecule has 0 bridgehead atoms. The van der Waals surface area contributed by atoms with E-state index in [-0.39, 0.29) is 18.1 Å². The second-order valence-corrected chi connectivity index (χ2v) is 7.82. The van der Waals surface area contributed by atoms with Crippen LogP contribution in [-0.4, -0.2) is 62.8 Å². The van der Waals surface area contributed by atoms with Gasteiger partial charge in [-0.1, -0.05) is 12.1 Å². The lowest BCUT2D eigenvalue weighted by Crippen LogP contribution is -2.71. The van der Waals surface area contributed by atoms with Gasteiger partial charge >= 0.3 is 12.1 Å². The monoisotopic (exact) mass is 435 g/mol. The smallest absolute Gasteiger partial charge is 0.408 e. The molecule has 2 aliphatic rings. The van der Waals surface area contributed by atoms with Gasteiger partial charge in [-0.2, -0.15) is 0 Å². The molecule has 1 aromatic carbocycles. The van der Waals surface area contributed by atoms with Crippen molar-refractivity contribution in [1.29, 1.82) is 0 Å². The second kappa shape index (κ2) is 8.66. The van der Waals surface area contributed by atoms with Gasteiger partial charge in [0.15, 0.2) is 0 Å². The van der Waals surface area contributed by atoms with Gasteiger partial charge in [-0.05, 0) is 37.1 Å². The van der Waals surface area contributed by atoms with Crippen LogP contribution in [-0.2, 0) is 19.1 Å². The van der Waals surface area contributed by atoms with E-state index in [4.69, 9.17) is 4.74 Å². The maximum absolute atomic E-state index is 12.9. The fourth-order valence-electron chi connectivity index (χ4n) is 3.27. The Hall–Kier alpha value is -3.21. The number of phenolic OH excluding ortho intramolecular Hbond substituents is 1. The summed E-state index contributed by atoms with van der Waals surface area (Å²) in [4.78, 5) is 50.1. The average molecular weight is 435 g/mol. The number of phenols is 1. The first-order chi connectivity index (χ1) is 14.2.